The number of carbonyl (C=O) groups is 1. The molecular weight excluding hydrogens is 180 g/mol. The van der Waals surface area contributed by atoms with E-state index < -0.39 is 0 Å². The lowest BCUT2D eigenvalue weighted by Crippen LogP contribution is -2.41. The van der Waals surface area contributed by atoms with Crippen molar-refractivity contribution in [3.63, 3.8) is 0 Å². The fraction of sp³-hybridized carbons (Fsp3) is 0.909. The van der Waals surface area contributed by atoms with E-state index in [1.54, 1.807) is 7.11 Å². The van der Waals surface area contributed by atoms with Crippen LogP contribution < -0.4 is 0 Å². The zero-order chi connectivity index (χ0) is 10.6. The summed E-state index contributed by atoms with van der Waals surface area (Å²) in [6.07, 6.45) is 3.83. The first-order valence-electron chi connectivity index (χ1n) is 5.26. The number of methoxy groups -OCH3 is 1. The summed E-state index contributed by atoms with van der Waals surface area (Å²) >= 11 is 0. The molecule has 0 unspecified atom stereocenters. The van der Waals surface area contributed by atoms with Gasteiger partial charge in [0.15, 0.2) is 5.78 Å². The minimum absolute atomic E-state index is 0.124. The lowest BCUT2D eigenvalue weighted by molar-refractivity contribution is -0.137. The molecule has 0 amide bonds. The van der Waals surface area contributed by atoms with Crippen LogP contribution in [0.1, 0.15) is 39.5 Å². The summed E-state index contributed by atoms with van der Waals surface area (Å²) in [5.41, 5.74) is -0.155. The molecule has 3 nitrogen and oxygen atoms in total. The molecule has 1 saturated carbocycles. The summed E-state index contributed by atoms with van der Waals surface area (Å²) in [6.45, 7) is 4.09. The van der Waals surface area contributed by atoms with E-state index >= 15 is 0 Å². The van der Waals surface area contributed by atoms with E-state index in [0.717, 1.165) is 12.8 Å². The second-order valence-electron chi connectivity index (χ2n) is 4.32. The van der Waals surface area contributed by atoms with E-state index in [4.69, 9.17) is 9.47 Å². The van der Waals surface area contributed by atoms with E-state index in [0.29, 0.717) is 6.42 Å². The summed E-state index contributed by atoms with van der Waals surface area (Å²) in [5, 5.41) is 0. The molecule has 0 spiro atoms. The number of ether oxygens (including phenoxy) is 2. The maximum atomic E-state index is 11.5. The van der Waals surface area contributed by atoms with Crippen molar-refractivity contribution in [2.24, 2.45) is 0 Å². The van der Waals surface area contributed by atoms with Gasteiger partial charge in [-0.1, -0.05) is 0 Å². The van der Waals surface area contributed by atoms with Gasteiger partial charge in [-0.15, -0.1) is 0 Å². The minimum atomic E-state index is -0.155. The average molecular weight is 200 g/mol. The average Bonchev–Trinajstić information content (AvgIpc) is 2.08. The van der Waals surface area contributed by atoms with Gasteiger partial charge in [-0.3, -0.25) is 4.79 Å². The Morgan fingerprint density at radius 2 is 2.07 bits per heavy atom. The third-order valence-corrected chi connectivity index (χ3v) is 2.79. The smallest absolute Gasteiger partial charge is 0.161 e. The van der Waals surface area contributed by atoms with Crippen LogP contribution in [-0.2, 0) is 14.3 Å². The van der Waals surface area contributed by atoms with Gasteiger partial charge in [0.2, 0.25) is 0 Å². The van der Waals surface area contributed by atoms with Gasteiger partial charge in [-0.05, 0) is 33.1 Å². The molecule has 3 heteroatoms. The van der Waals surface area contributed by atoms with Gasteiger partial charge < -0.3 is 9.47 Å². The lowest BCUT2D eigenvalue weighted by Gasteiger charge is -2.40. The van der Waals surface area contributed by atoms with Crippen LogP contribution in [0.3, 0.4) is 0 Å². The van der Waals surface area contributed by atoms with Crippen LogP contribution in [0.2, 0.25) is 0 Å². The van der Waals surface area contributed by atoms with Crippen LogP contribution in [-0.4, -0.2) is 31.2 Å². The Labute approximate surface area is 85.8 Å². The highest BCUT2D eigenvalue weighted by atomic mass is 16.5. The van der Waals surface area contributed by atoms with Gasteiger partial charge >= 0.3 is 0 Å². The quantitative estimate of drug-likeness (QED) is 0.657. The van der Waals surface area contributed by atoms with E-state index in [2.05, 4.69) is 0 Å². The third-order valence-electron chi connectivity index (χ3n) is 2.79. The molecule has 0 bridgehead atoms. The third kappa shape index (κ3) is 3.07. The van der Waals surface area contributed by atoms with Crippen LogP contribution in [0, 0.1) is 0 Å². The Morgan fingerprint density at radius 3 is 2.43 bits per heavy atom. The molecule has 0 aromatic heterocycles. The molecule has 0 aliphatic heterocycles. The Balaban J connectivity index is 2.25. The molecule has 0 atom stereocenters. The van der Waals surface area contributed by atoms with Gasteiger partial charge in [-0.25, -0.2) is 0 Å². The highest BCUT2D eigenvalue weighted by Crippen LogP contribution is 2.38. The van der Waals surface area contributed by atoms with Crippen molar-refractivity contribution in [1.82, 2.24) is 0 Å². The molecule has 1 fully saturated rings. The Morgan fingerprint density at radius 1 is 1.43 bits per heavy atom. The number of ketones is 1. The van der Waals surface area contributed by atoms with Gasteiger partial charge in [0.25, 0.3) is 0 Å². The molecule has 0 radical (unpaired) electrons. The summed E-state index contributed by atoms with van der Waals surface area (Å²) in [4.78, 5) is 11.5. The van der Waals surface area contributed by atoms with E-state index in [-0.39, 0.29) is 24.1 Å². The maximum Gasteiger partial charge on any atom is 0.161 e. The van der Waals surface area contributed by atoms with E-state index in [1.165, 1.54) is 6.42 Å². The molecule has 14 heavy (non-hydrogen) atoms. The number of hydrogen-bond donors (Lipinski definition) is 0. The Bertz CT molecular complexity index is 189. The predicted octanol–water partition coefficient (Wildman–Crippen LogP) is 1.94. The van der Waals surface area contributed by atoms with Crippen LogP contribution >= 0.6 is 0 Å². The minimum Gasteiger partial charge on any atom is -0.378 e. The maximum absolute atomic E-state index is 11.5. The first kappa shape index (κ1) is 11.7. The number of Topliss-reactive ketones (excluding diaryl/α,β-unsaturated/α-hetero) is 1. The monoisotopic (exact) mass is 200 g/mol. The fourth-order valence-corrected chi connectivity index (χ4v) is 1.69. The number of hydrogen-bond acceptors (Lipinski definition) is 3. The Kier molecular flexibility index (Phi) is 4.08. The van der Waals surface area contributed by atoms with Crippen LogP contribution in [0.15, 0.2) is 0 Å². The van der Waals surface area contributed by atoms with Crippen molar-refractivity contribution < 1.29 is 14.3 Å². The predicted molar refractivity (Wildman–Crippen MR) is 54.3 cm³/mol. The molecule has 0 aromatic carbocycles. The van der Waals surface area contributed by atoms with Gasteiger partial charge in [-0.2, -0.15) is 0 Å². The second kappa shape index (κ2) is 4.89. The topological polar surface area (TPSA) is 35.5 Å². The van der Waals surface area contributed by atoms with Crippen molar-refractivity contribution in [1.29, 1.82) is 0 Å². The summed E-state index contributed by atoms with van der Waals surface area (Å²) in [5.74, 6) is 0.153. The standard InChI is InChI=1S/C11H20O3/c1-9(2)14-8-10(12)7-11(13-3)5-4-6-11/h9H,4-8H2,1-3H3. The second-order valence-corrected chi connectivity index (χ2v) is 4.32. The molecule has 1 rings (SSSR count). The van der Waals surface area contributed by atoms with E-state index in [9.17, 15) is 4.79 Å². The number of rotatable bonds is 6. The molecule has 0 N–H and O–H groups in total. The normalized spacial score (nSPS) is 19.4. The van der Waals surface area contributed by atoms with Crippen molar-refractivity contribution in [3.8, 4) is 0 Å². The molecule has 0 aromatic rings. The molecular formula is C11H20O3. The Hall–Kier alpha value is -0.410. The summed E-state index contributed by atoms with van der Waals surface area (Å²) in [7, 11) is 1.69. The zero-order valence-electron chi connectivity index (χ0n) is 9.34. The summed E-state index contributed by atoms with van der Waals surface area (Å²) in [6, 6.07) is 0. The SMILES string of the molecule is COC1(CC(=O)COC(C)C)CCC1. The molecule has 82 valence electrons. The highest BCUT2D eigenvalue weighted by molar-refractivity contribution is 5.80. The van der Waals surface area contributed by atoms with Crippen LogP contribution in [0.25, 0.3) is 0 Å². The largest absolute Gasteiger partial charge is 0.378 e. The summed E-state index contributed by atoms with van der Waals surface area (Å²) < 4.78 is 10.6. The molecule has 1 aliphatic carbocycles. The van der Waals surface area contributed by atoms with Crippen molar-refractivity contribution in [2.75, 3.05) is 13.7 Å². The molecule has 0 saturated heterocycles. The van der Waals surface area contributed by atoms with Crippen molar-refractivity contribution in [3.05, 3.63) is 0 Å². The molecule has 0 heterocycles. The lowest BCUT2D eigenvalue weighted by atomic mass is 9.76. The van der Waals surface area contributed by atoms with Gasteiger partial charge in [0, 0.05) is 13.5 Å². The first-order chi connectivity index (χ1) is 6.58. The van der Waals surface area contributed by atoms with Crippen LogP contribution in [0.4, 0.5) is 0 Å². The fourth-order valence-electron chi connectivity index (χ4n) is 1.69. The zero-order valence-corrected chi connectivity index (χ0v) is 9.34. The first-order valence-corrected chi connectivity index (χ1v) is 5.26. The highest BCUT2D eigenvalue weighted by Gasteiger charge is 2.38. The van der Waals surface area contributed by atoms with Crippen LogP contribution in [0.5, 0.6) is 0 Å². The number of carbonyl (C=O) groups excluding carboxylic acids is 1. The van der Waals surface area contributed by atoms with Crippen molar-refractivity contribution in [2.45, 2.75) is 51.2 Å². The van der Waals surface area contributed by atoms with Crippen molar-refractivity contribution >= 4 is 5.78 Å². The molecule has 1 aliphatic rings. The van der Waals surface area contributed by atoms with E-state index in [1.807, 2.05) is 13.8 Å². The van der Waals surface area contributed by atoms with Gasteiger partial charge in [0.05, 0.1) is 11.7 Å². The van der Waals surface area contributed by atoms with Gasteiger partial charge in [0.1, 0.15) is 6.61 Å².